The van der Waals surface area contributed by atoms with E-state index in [1.165, 1.54) is 6.92 Å². The first-order valence-corrected chi connectivity index (χ1v) is 6.70. The van der Waals surface area contributed by atoms with Crippen molar-refractivity contribution >= 4 is 11.8 Å². The molecule has 1 aliphatic rings. The number of rotatable bonds is 4. The van der Waals surface area contributed by atoms with E-state index in [2.05, 4.69) is 5.32 Å². The average molecular weight is 255 g/mol. The van der Waals surface area contributed by atoms with Crippen LogP contribution in [-0.2, 0) is 9.59 Å². The molecule has 2 amide bonds. The second-order valence-electron chi connectivity index (χ2n) is 5.50. The number of hydrogen-bond donors (Lipinski definition) is 2. The molecule has 0 aliphatic carbocycles. The topological polar surface area (TPSA) is 75.4 Å². The zero-order valence-electron chi connectivity index (χ0n) is 11.6. The van der Waals surface area contributed by atoms with Crippen molar-refractivity contribution in [3.05, 3.63) is 0 Å². The Bertz CT molecular complexity index is 305. The van der Waals surface area contributed by atoms with E-state index in [1.54, 1.807) is 0 Å². The van der Waals surface area contributed by atoms with Crippen LogP contribution in [0.2, 0.25) is 0 Å². The minimum Gasteiger partial charge on any atom is -0.356 e. The van der Waals surface area contributed by atoms with Gasteiger partial charge in [-0.25, -0.2) is 0 Å². The molecule has 1 heterocycles. The number of carbonyl (C=O) groups excluding carboxylic acids is 2. The van der Waals surface area contributed by atoms with E-state index in [1.807, 2.05) is 18.7 Å². The van der Waals surface area contributed by atoms with Crippen molar-refractivity contribution in [2.24, 2.45) is 17.6 Å². The zero-order chi connectivity index (χ0) is 13.7. The molecule has 0 aromatic heterocycles. The molecule has 5 nitrogen and oxygen atoms in total. The first-order valence-electron chi connectivity index (χ1n) is 6.70. The van der Waals surface area contributed by atoms with Crippen LogP contribution in [0.5, 0.6) is 0 Å². The molecule has 18 heavy (non-hydrogen) atoms. The van der Waals surface area contributed by atoms with Gasteiger partial charge in [-0.2, -0.15) is 0 Å². The normalized spacial score (nSPS) is 21.8. The molecule has 0 aromatic carbocycles. The van der Waals surface area contributed by atoms with Crippen LogP contribution in [0.3, 0.4) is 0 Å². The number of nitrogens with two attached hydrogens (primary N) is 1. The van der Waals surface area contributed by atoms with Gasteiger partial charge in [0, 0.05) is 26.6 Å². The molecular formula is C13H25N3O2. The zero-order valence-corrected chi connectivity index (χ0v) is 11.6. The molecule has 0 spiro atoms. The third kappa shape index (κ3) is 4.29. The first kappa shape index (κ1) is 15.0. The summed E-state index contributed by atoms with van der Waals surface area (Å²) < 4.78 is 0. The minimum atomic E-state index is -0.412. The number of piperidine rings is 1. The van der Waals surface area contributed by atoms with Gasteiger partial charge in [-0.15, -0.1) is 0 Å². The number of carbonyl (C=O) groups is 2. The smallest absolute Gasteiger partial charge is 0.239 e. The Balaban J connectivity index is 2.47. The van der Waals surface area contributed by atoms with Crippen LogP contribution in [0.15, 0.2) is 0 Å². The largest absolute Gasteiger partial charge is 0.356 e. The van der Waals surface area contributed by atoms with Crippen LogP contribution in [0.1, 0.15) is 33.6 Å². The first-order chi connectivity index (χ1) is 8.41. The van der Waals surface area contributed by atoms with Crippen molar-refractivity contribution in [2.75, 3.05) is 19.6 Å². The van der Waals surface area contributed by atoms with Crippen molar-refractivity contribution in [3.8, 4) is 0 Å². The molecule has 0 aromatic rings. The highest BCUT2D eigenvalue weighted by Gasteiger charge is 2.28. The van der Waals surface area contributed by atoms with Gasteiger partial charge in [0.25, 0.3) is 0 Å². The number of likely N-dealkylation sites (tertiary alicyclic amines) is 1. The van der Waals surface area contributed by atoms with Crippen molar-refractivity contribution in [1.82, 2.24) is 10.2 Å². The third-order valence-corrected chi connectivity index (χ3v) is 3.47. The van der Waals surface area contributed by atoms with E-state index >= 15 is 0 Å². The molecular weight excluding hydrogens is 230 g/mol. The van der Waals surface area contributed by atoms with Gasteiger partial charge < -0.3 is 16.0 Å². The highest BCUT2D eigenvalue weighted by molar-refractivity contribution is 5.82. The predicted octanol–water partition coefficient (Wildman–Crippen LogP) is 0.344. The highest BCUT2D eigenvalue weighted by atomic mass is 16.2. The number of amides is 2. The molecule has 2 atom stereocenters. The van der Waals surface area contributed by atoms with E-state index in [9.17, 15) is 9.59 Å². The Labute approximate surface area is 109 Å². The lowest BCUT2D eigenvalue weighted by Gasteiger charge is -2.35. The monoisotopic (exact) mass is 255 g/mol. The Morgan fingerprint density at radius 3 is 2.67 bits per heavy atom. The van der Waals surface area contributed by atoms with E-state index in [0.29, 0.717) is 19.0 Å². The average Bonchev–Trinajstić information content (AvgIpc) is 2.34. The summed E-state index contributed by atoms with van der Waals surface area (Å²) in [5.41, 5.74) is 5.90. The van der Waals surface area contributed by atoms with Gasteiger partial charge in [0.05, 0.1) is 6.04 Å². The molecule has 104 valence electrons. The number of nitrogens with zero attached hydrogens (tertiary/aromatic N) is 1. The molecule has 0 bridgehead atoms. The van der Waals surface area contributed by atoms with E-state index in [-0.39, 0.29) is 17.7 Å². The quantitative estimate of drug-likeness (QED) is 0.761. The van der Waals surface area contributed by atoms with Gasteiger partial charge in [0.15, 0.2) is 0 Å². The molecule has 5 heteroatoms. The molecule has 1 rings (SSSR count). The number of nitrogens with one attached hydrogen (secondary N) is 1. The van der Waals surface area contributed by atoms with Crippen LogP contribution in [0.25, 0.3) is 0 Å². The Kier molecular flexibility index (Phi) is 5.59. The van der Waals surface area contributed by atoms with E-state index < -0.39 is 6.04 Å². The minimum absolute atomic E-state index is 0.0164. The van der Waals surface area contributed by atoms with E-state index in [4.69, 9.17) is 5.73 Å². The summed E-state index contributed by atoms with van der Waals surface area (Å²) in [5, 5.41) is 2.82. The highest BCUT2D eigenvalue weighted by Crippen LogP contribution is 2.17. The molecule has 0 saturated carbocycles. The second kappa shape index (κ2) is 6.73. The standard InChI is InChI=1S/C13H25N3O2/c1-9(2)12(14)13(18)16-6-4-5-11(8-16)7-15-10(3)17/h9,11-12H,4-8,14H2,1-3H3,(H,15,17)/t11-,12+/m1/s1. The Hall–Kier alpha value is -1.10. The Morgan fingerprint density at radius 2 is 2.11 bits per heavy atom. The van der Waals surface area contributed by atoms with Gasteiger partial charge >= 0.3 is 0 Å². The van der Waals surface area contributed by atoms with Crippen LogP contribution in [0, 0.1) is 11.8 Å². The fraction of sp³-hybridized carbons (Fsp3) is 0.846. The third-order valence-electron chi connectivity index (χ3n) is 3.47. The van der Waals surface area contributed by atoms with Crippen LogP contribution >= 0.6 is 0 Å². The molecule has 1 saturated heterocycles. The summed E-state index contributed by atoms with van der Waals surface area (Å²) in [6, 6.07) is -0.412. The molecule has 0 unspecified atom stereocenters. The van der Waals surface area contributed by atoms with Crippen molar-refractivity contribution in [3.63, 3.8) is 0 Å². The van der Waals surface area contributed by atoms with Crippen LogP contribution in [0.4, 0.5) is 0 Å². The van der Waals surface area contributed by atoms with E-state index in [0.717, 1.165) is 19.4 Å². The maximum Gasteiger partial charge on any atom is 0.239 e. The van der Waals surface area contributed by atoms with Crippen molar-refractivity contribution < 1.29 is 9.59 Å². The lowest BCUT2D eigenvalue weighted by molar-refractivity contribution is -0.135. The summed E-state index contributed by atoms with van der Waals surface area (Å²) in [6.45, 7) is 7.58. The second-order valence-corrected chi connectivity index (χ2v) is 5.50. The van der Waals surface area contributed by atoms with Crippen LogP contribution in [-0.4, -0.2) is 42.4 Å². The molecule has 1 aliphatic heterocycles. The van der Waals surface area contributed by atoms with Crippen molar-refractivity contribution in [1.29, 1.82) is 0 Å². The SMILES string of the molecule is CC(=O)NC[C@H]1CCCN(C(=O)[C@@H](N)C(C)C)C1. The fourth-order valence-electron chi connectivity index (χ4n) is 2.22. The predicted molar refractivity (Wildman–Crippen MR) is 70.8 cm³/mol. The summed E-state index contributed by atoms with van der Waals surface area (Å²) in [5.74, 6) is 0.536. The summed E-state index contributed by atoms with van der Waals surface area (Å²) in [6.07, 6.45) is 2.04. The summed E-state index contributed by atoms with van der Waals surface area (Å²) in [4.78, 5) is 24.9. The van der Waals surface area contributed by atoms with Gasteiger partial charge in [0.1, 0.15) is 0 Å². The van der Waals surface area contributed by atoms with Crippen molar-refractivity contribution in [2.45, 2.75) is 39.7 Å². The Morgan fingerprint density at radius 1 is 1.44 bits per heavy atom. The molecule has 3 N–H and O–H groups in total. The summed E-state index contributed by atoms with van der Waals surface area (Å²) in [7, 11) is 0. The number of hydrogen-bond acceptors (Lipinski definition) is 3. The maximum absolute atomic E-state index is 12.1. The van der Waals surface area contributed by atoms with Gasteiger partial charge in [-0.3, -0.25) is 9.59 Å². The summed E-state index contributed by atoms with van der Waals surface area (Å²) >= 11 is 0. The molecule has 1 fully saturated rings. The van der Waals surface area contributed by atoms with Gasteiger partial charge in [-0.1, -0.05) is 13.8 Å². The lowest BCUT2D eigenvalue weighted by atomic mass is 9.96. The fourth-order valence-corrected chi connectivity index (χ4v) is 2.22. The molecule has 0 radical (unpaired) electrons. The lowest BCUT2D eigenvalue weighted by Crippen LogP contribution is -2.51. The maximum atomic E-state index is 12.1. The van der Waals surface area contributed by atoms with Gasteiger partial charge in [-0.05, 0) is 24.7 Å². The van der Waals surface area contributed by atoms with Gasteiger partial charge in [0.2, 0.25) is 11.8 Å². The van der Waals surface area contributed by atoms with Crippen LogP contribution < -0.4 is 11.1 Å².